The fraction of sp³-hybridized carbons (Fsp3) is 0.500. The van der Waals surface area contributed by atoms with Crippen LogP contribution in [0.15, 0.2) is 12.1 Å². The van der Waals surface area contributed by atoms with Gasteiger partial charge in [0.05, 0.1) is 12.2 Å². The lowest BCUT2D eigenvalue weighted by molar-refractivity contribution is 0.111. The molecule has 1 aromatic carbocycles. The quantitative estimate of drug-likeness (QED) is 0.575. The monoisotopic (exact) mass is 250 g/mol. The fourth-order valence-electron chi connectivity index (χ4n) is 1.83. The summed E-state index contributed by atoms with van der Waals surface area (Å²) in [7, 11) is 0. The Morgan fingerprint density at radius 3 is 2.72 bits per heavy atom. The van der Waals surface area contributed by atoms with Crippen molar-refractivity contribution in [2.45, 2.75) is 26.7 Å². The molecule has 0 aliphatic carbocycles. The van der Waals surface area contributed by atoms with Crippen LogP contribution in [0.25, 0.3) is 0 Å². The third-order valence-electron chi connectivity index (χ3n) is 2.82. The van der Waals surface area contributed by atoms with Crippen LogP contribution in [0.3, 0.4) is 0 Å². The zero-order valence-electron chi connectivity index (χ0n) is 10.8. The van der Waals surface area contributed by atoms with E-state index in [4.69, 9.17) is 14.2 Å². The first-order valence-corrected chi connectivity index (χ1v) is 6.22. The van der Waals surface area contributed by atoms with E-state index in [-0.39, 0.29) is 6.79 Å². The van der Waals surface area contributed by atoms with Crippen molar-refractivity contribution in [3.05, 3.63) is 17.7 Å². The van der Waals surface area contributed by atoms with Gasteiger partial charge in [0, 0.05) is 6.07 Å². The van der Waals surface area contributed by atoms with Crippen LogP contribution in [0, 0.1) is 5.92 Å². The summed E-state index contributed by atoms with van der Waals surface area (Å²) in [5.74, 6) is 2.47. The number of rotatable bonds is 6. The van der Waals surface area contributed by atoms with E-state index in [9.17, 15) is 4.79 Å². The van der Waals surface area contributed by atoms with Gasteiger partial charge in [-0.05, 0) is 24.8 Å². The van der Waals surface area contributed by atoms with Gasteiger partial charge in [-0.1, -0.05) is 13.8 Å². The Morgan fingerprint density at radius 1 is 1.33 bits per heavy atom. The van der Waals surface area contributed by atoms with Crippen LogP contribution in [-0.2, 0) is 0 Å². The molecule has 0 amide bonds. The number of aldehydes is 1. The molecule has 0 spiro atoms. The largest absolute Gasteiger partial charge is 0.493 e. The Kier molecular flexibility index (Phi) is 4.07. The summed E-state index contributed by atoms with van der Waals surface area (Å²) < 4.78 is 16.1. The molecule has 4 heteroatoms. The number of hydrogen-bond acceptors (Lipinski definition) is 4. The maximum atomic E-state index is 11.0. The number of benzene rings is 1. The van der Waals surface area contributed by atoms with E-state index in [1.54, 1.807) is 12.1 Å². The second-order valence-corrected chi connectivity index (χ2v) is 4.75. The summed E-state index contributed by atoms with van der Waals surface area (Å²) in [5, 5.41) is 0. The van der Waals surface area contributed by atoms with Crippen LogP contribution >= 0.6 is 0 Å². The lowest BCUT2D eigenvalue weighted by Gasteiger charge is -2.10. The van der Waals surface area contributed by atoms with E-state index < -0.39 is 0 Å². The predicted octanol–water partition coefficient (Wildman–Crippen LogP) is 3.04. The molecule has 1 aliphatic heterocycles. The zero-order chi connectivity index (χ0) is 13.0. The van der Waals surface area contributed by atoms with Crippen molar-refractivity contribution in [3.8, 4) is 17.2 Å². The van der Waals surface area contributed by atoms with Crippen LogP contribution in [0.4, 0.5) is 0 Å². The Labute approximate surface area is 107 Å². The Balaban J connectivity index is 2.00. The molecule has 98 valence electrons. The summed E-state index contributed by atoms with van der Waals surface area (Å²) in [6, 6.07) is 3.38. The lowest BCUT2D eigenvalue weighted by Crippen LogP contribution is -2.01. The molecule has 0 saturated heterocycles. The Hall–Kier alpha value is -1.71. The highest BCUT2D eigenvalue weighted by Gasteiger charge is 2.17. The van der Waals surface area contributed by atoms with Gasteiger partial charge in [-0.2, -0.15) is 0 Å². The molecule has 0 aromatic heterocycles. The number of fused-ring (bicyclic) bond motifs is 1. The van der Waals surface area contributed by atoms with E-state index in [0.717, 1.165) is 19.1 Å². The van der Waals surface area contributed by atoms with E-state index in [1.165, 1.54) is 0 Å². The minimum atomic E-state index is 0.199. The van der Waals surface area contributed by atoms with Gasteiger partial charge in [-0.25, -0.2) is 0 Å². The van der Waals surface area contributed by atoms with Crippen molar-refractivity contribution in [1.29, 1.82) is 0 Å². The summed E-state index contributed by atoms with van der Waals surface area (Å²) in [5.41, 5.74) is 0.504. The minimum absolute atomic E-state index is 0.199. The minimum Gasteiger partial charge on any atom is -0.493 e. The molecule has 0 saturated carbocycles. The van der Waals surface area contributed by atoms with Crippen LogP contribution in [-0.4, -0.2) is 19.7 Å². The van der Waals surface area contributed by atoms with Crippen molar-refractivity contribution < 1.29 is 19.0 Å². The summed E-state index contributed by atoms with van der Waals surface area (Å²) in [4.78, 5) is 11.0. The van der Waals surface area contributed by atoms with Crippen molar-refractivity contribution >= 4 is 6.29 Å². The molecule has 4 nitrogen and oxygen atoms in total. The van der Waals surface area contributed by atoms with E-state index >= 15 is 0 Å². The molecule has 1 aromatic rings. The molecular weight excluding hydrogens is 232 g/mol. The molecule has 0 radical (unpaired) electrons. The zero-order valence-corrected chi connectivity index (χ0v) is 10.8. The van der Waals surface area contributed by atoms with Gasteiger partial charge in [0.1, 0.15) is 5.75 Å². The Morgan fingerprint density at radius 2 is 2.06 bits per heavy atom. The second-order valence-electron chi connectivity index (χ2n) is 4.75. The average Bonchev–Trinajstić information content (AvgIpc) is 2.80. The lowest BCUT2D eigenvalue weighted by atomic mass is 10.1. The van der Waals surface area contributed by atoms with Crippen LogP contribution in [0.1, 0.15) is 37.0 Å². The van der Waals surface area contributed by atoms with Crippen LogP contribution < -0.4 is 14.2 Å². The molecule has 1 aliphatic rings. The molecule has 0 fully saturated rings. The number of hydrogen-bond donors (Lipinski definition) is 0. The third-order valence-corrected chi connectivity index (χ3v) is 2.82. The van der Waals surface area contributed by atoms with Crippen molar-refractivity contribution in [1.82, 2.24) is 0 Å². The second kappa shape index (κ2) is 5.76. The summed E-state index contributed by atoms with van der Waals surface area (Å²) in [6.45, 7) is 5.16. The van der Waals surface area contributed by atoms with Gasteiger partial charge in [-0.15, -0.1) is 0 Å². The highest BCUT2D eigenvalue weighted by Crippen LogP contribution is 2.37. The molecule has 0 atom stereocenters. The molecule has 0 bridgehead atoms. The maximum absolute atomic E-state index is 11.0. The van der Waals surface area contributed by atoms with E-state index in [2.05, 4.69) is 13.8 Å². The molecular formula is C14H18O4. The third kappa shape index (κ3) is 2.94. The first kappa shape index (κ1) is 12.7. The number of carbonyl (C=O) groups is 1. The van der Waals surface area contributed by atoms with Crippen molar-refractivity contribution in [3.63, 3.8) is 0 Å². The molecule has 18 heavy (non-hydrogen) atoms. The fourth-order valence-corrected chi connectivity index (χ4v) is 1.83. The molecule has 0 unspecified atom stereocenters. The highest BCUT2D eigenvalue weighted by atomic mass is 16.7. The SMILES string of the molecule is CC(C)CCCOc1cc2c(cc1C=O)OCO2. The normalized spacial score (nSPS) is 12.8. The van der Waals surface area contributed by atoms with Gasteiger partial charge in [-0.3, -0.25) is 4.79 Å². The first-order chi connectivity index (χ1) is 8.70. The van der Waals surface area contributed by atoms with Crippen molar-refractivity contribution in [2.24, 2.45) is 5.92 Å². The maximum Gasteiger partial charge on any atom is 0.231 e. The summed E-state index contributed by atoms with van der Waals surface area (Å²) in [6.07, 6.45) is 2.87. The molecule has 1 heterocycles. The van der Waals surface area contributed by atoms with Crippen molar-refractivity contribution in [2.75, 3.05) is 13.4 Å². The smallest absolute Gasteiger partial charge is 0.231 e. The topological polar surface area (TPSA) is 44.8 Å². The van der Waals surface area contributed by atoms with Gasteiger partial charge in [0.15, 0.2) is 17.8 Å². The Bertz CT molecular complexity index is 426. The first-order valence-electron chi connectivity index (χ1n) is 6.22. The van der Waals surface area contributed by atoms with Gasteiger partial charge < -0.3 is 14.2 Å². The highest BCUT2D eigenvalue weighted by molar-refractivity contribution is 5.81. The van der Waals surface area contributed by atoms with E-state index in [1.807, 2.05) is 0 Å². The predicted molar refractivity (Wildman–Crippen MR) is 67.5 cm³/mol. The molecule has 0 N–H and O–H groups in total. The van der Waals surface area contributed by atoms with Crippen LogP contribution in [0.5, 0.6) is 17.2 Å². The number of carbonyl (C=O) groups excluding carboxylic acids is 1. The van der Waals surface area contributed by atoms with Gasteiger partial charge in [0.25, 0.3) is 0 Å². The number of ether oxygens (including phenoxy) is 3. The van der Waals surface area contributed by atoms with Gasteiger partial charge in [0.2, 0.25) is 6.79 Å². The van der Waals surface area contributed by atoms with E-state index in [0.29, 0.717) is 35.3 Å². The standard InChI is InChI=1S/C14H18O4/c1-10(2)4-3-5-16-12-7-14-13(17-9-18-14)6-11(12)8-15/h6-8,10H,3-5,9H2,1-2H3. The van der Waals surface area contributed by atoms with Crippen LogP contribution in [0.2, 0.25) is 0 Å². The summed E-state index contributed by atoms with van der Waals surface area (Å²) >= 11 is 0. The average molecular weight is 250 g/mol. The molecule has 2 rings (SSSR count). The van der Waals surface area contributed by atoms with Gasteiger partial charge >= 0.3 is 0 Å².